The van der Waals surface area contributed by atoms with Crippen LogP contribution in [-0.4, -0.2) is 12.7 Å². The molecule has 1 heterocycles. The molecule has 2 aliphatic rings. The van der Waals surface area contributed by atoms with Crippen LogP contribution >= 0.6 is 0 Å². The normalized spacial score (nSPS) is 19.8. The Hall–Kier alpha value is -1.96. The minimum Gasteiger partial charge on any atom is -0.380 e. The van der Waals surface area contributed by atoms with E-state index >= 15 is 0 Å². The topological polar surface area (TPSA) is 35.8 Å². The average Bonchev–Trinajstić information content (AvgIpc) is 3.18. The zero-order valence-electron chi connectivity index (χ0n) is 10.0. The Labute approximate surface area is 108 Å². The van der Waals surface area contributed by atoms with Gasteiger partial charge in [-0.1, -0.05) is 6.07 Å². The molecule has 1 aliphatic heterocycles. The van der Waals surface area contributed by atoms with Crippen LogP contribution in [0, 0.1) is 11.3 Å². The lowest BCUT2D eigenvalue weighted by atomic mass is 9.91. The fourth-order valence-electron chi connectivity index (χ4n) is 2.50. The van der Waals surface area contributed by atoms with Crippen molar-refractivity contribution in [3.05, 3.63) is 34.9 Å². The zero-order chi connectivity index (χ0) is 13.7. The molecule has 5 heteroatoms. The van der Waals surface area contributed by atoms with Crippen molar-refractivity contribution in [3.8, 4) is 6.07 Å². The molecule has 3 rings (SSSR count). The van der Waals surface area contributed by atoms with Gasteiger partial charge in [0.2, 0.25) is 0 Å². The Morgan fingerprint density at radius 1 is 1.26 bits per heavy atom. The monoisotopic (exact) mass is 264 g/mol. The van der Waals surface area contributed by atoms with Crippen LogP contribution in [-0.2, 0) is 5.41 Å². The predicted octanol–water partition coefficient (Wildman–Crippen LogP) is 3.61. The average molecular weight is 264 g/mol. The van der Waals surface area contributed by atoms with Gasteiger partial charge in [-0.15, -0.1) is 0 Å². The highest BCUT2D eigenvalue weighted by Crippen LogP contribution is 2.59. The van der Waals surface area contributed by atoms with Crippen molar-refractivity contribution in [2.75, 3.05) is 11.9 Å². The second-order valence-electron chi connectivity index (χ2n) is 5.02. The maximum absolute atomic E-state index is 13.1. The Morgan fingerprint density at radius 3 is 2.58 bits per heavy atom. The maximum Gasteiger partial charge on any atom is 0.398 e. The number of anilines is 1. The number of rotatable bonds is 1. The smallest absolute Gasteiger partial charge is 0.380 e. The molecular weight excluding hydrogens is 253 g/mol. The molecule has 1 saturated carbocycles. The largest absolute Gasteiger partial charge is 0.398 e. The quantitative estimate of drug-likeness (QED) is 0.841. The first-order chi connectivity index (χ1) is 8.96. The van der Waals surface area contributed by atoms with Gasteiger partial charge in [0.1, 0.15) is 0 Å². The van der Waals surface area contributed by atoms with E-state index in [0.717, 1.165) is 5.69 Å². The predicted molar refractivity (Wildman–Crippen MR) is 65.5 cm³/mol. The van der Waals surface area contributed by atoms with Gasteiger partial charge in [0.25, 0.3) is 0 Å². The highest BCUT2D eigenvalue weighted by Gasteiger charge is 2.64. The van der Waals surface area contributed by atoms with E-state index in [4.69, 9.17) is 5.26 Å². The van der Waals surface area contributed by atoms with Gasteiger partial charge in [-0.25, -0.2) is 0 Å². The van der Waals surface area contributed by atoms with Gasteiger partial charge in [0.15, 0.2) is 0 Å². The lowest BCUT2D eigenvalue weighted by molar-refractivity contribution is -0.160. The fraction of sp³-hybridized carbons (Fsp3) is 0.357. The molecular formula is C14H11F3N2. The summed E-state index contributed by atoms with van der Waals surface area (Å²) < 4.78 is 39.2. The summed E-state index contributed by atoms with van der Waals surface area (Å²) in [4.78, 5) is 0. The van der Waals surface area contributed by atoms with E-state index in [1.165, 1.54) is 6.07 Å². The van der Waals surface area contributed by atoms with Gasteiger partial charge in [-0.05, 0) is 42.2 Å². The van der Waals surface area contributed by atoms with E-state index in [1.54, 1.807) is 18.2 Å². The van der Waals surface area contributed by atoms with E-state index in [1.807, 2.05) is 6.07 Å². The fourth-order valence-corrected chi connectivity index (χ4v) is 2.50. The number of benzene rings is 1. The molecule has 0 bridgehead atoms. The van der Waals surface area contributed by atoms with Gasteiger partial charge >= 0.3 is 6.18 Å². The Balaban J connectivity index is 2.05. The molecule has 0 unspecified atom stereocenters. The number of nitriles is 1. The summed E-state index contributed by atoms with van der Waals surface area (Å²) in [5.41, 5.74) is 0.606. The highest BCUT2D eigenvalue weighted by molar-refractivity contribution is 5.75. The van der Waals surface area contributed by atoms with Crippen LogP contribution in [0.4, 0.5) is 18.9 Å². The van der Waals surface area contributed by atoms with E-state index in [-0.39, 0.29) is 12.8 Å². The number of nitrogens with one attached hydrogen (secondary N) is 1. The first-order valence-corrected chi connectivity index (χ1v) is 6.02. The molecule has 0 atom stereocenters. The van der Waals surface area contributed by atoms with Crippen LogP contribution in [0.5, 0.6) is 0 Å². The summed E-state index contributed by atoms with van der Waals surface area (Å²) >= 11 is 0. The van der Waals surface area contributed by atoms with Crippen molar-refractivity contribution in [1.82, 2.24) is 0 Å². The second-order valence-corrected chi connectivity index (χ2v) is 5.02. The molecule has 0 saturated heterocycles. The van der Waals surface area contributed by atoms with E-state index in [2.05, 4.69) is 5.32 Å². The van der Waals surface area contributed by atoms with Gasteiger partial charge < -0.3 is 5.32 Å². The molecule has 2 nitrogen and oxygen atoms in total. The first-order valence-electron chi connectivity index (χ1n) is 6.02. The summed E-state index contributed by atoms with van der Waals surface area (Å²) in [5, 5.41) is 11.9. The van der Waals surface area contributed by atoms with Crippen molar-refractivity contribution in [3.63, 3.8) is 0 Å². The summed E-state index contributed by atoms with van der Waals surface area (Å²) in [7, 11) is 0. The first kappa shape index (κ1) is 12.1. The molecule has 1 aromatic rings. The van der Waals surface area contributed by atoms with E-state index < -0.39 is 11.6 Å². The third kappa shape index (κ3) is 1.79. The molecule has 98 valence electrons. The standard InChI is InChI=1S/C14H11F3N2/c15-14(16,17)13(3-4-13)11-1-2-12-10(6-11)5-9(7-18)8-19-12/h1-2,5-6,19H,3-4,8H2. The summed E-state index contributed by atoms with van der Waals surface area (Å²) in [5.74, 6) is 0. The molecule has 1 N–H and O–H groups in total. The molecule has 1 aromatic carbocycles. The number of alkyl halides is 3. The maximum atomic E-state index is 13.1. The molecule has 0 amide bonds. The number of fused-ring (bicyclic) bond motifs is 1. The van der Waals surface area contributed by atoms with Crippen molar-refractivity contribution >= 4 is 11.8 Å². The van der Waals surface area contributed by atoms with Crippen LogP contribution in [0.2, 0.25) is 0 Å². The second kappa shape index (κ2) is 3.77. The van der Waals surface area contributed by atoms with Gasteiger partial charge in [0, 0.05) is 11.3 Å². The molecule has 1 fully saturated rings. The Bertz CT molecular complexity index is 604. The minimum atomic E-state index is -4.20. The van der Waals surface area contributed by atoms with Crippen LogP contribution in [0.3, 0.4) is 0 Å². The molecule has 19 heavy (non-hydrogen) atoms. The van der Waals surface area contributed by atoms with Crippen molar-refractivity contribution < 1.29 is 13.2 Å². The van der Waals surface area contributed by atoms with Gasteiger partial charge in [-0.2, -0.15) is 18.4 Å². The van der Waals surface area contributed by atoms with Crippen LogP contribution in [0.25, 0.3) is 6.08 Å². The highest BCUT2D eigenvalue weighted by atomic mass is 19.4. The number of hydrogen-bond donors (Lipinski definition) is 1. The van der Waals surface area contributed by atoms with Gasteiger partial charge in [0.05, 0.1) is 18.0 Å². The lowest BCUT2D eigenvalue weighted by Gasteiger charge is -2.22. The van der Waals surface area contributed by atoms with E-state index in [9.17, 15) is 13.2 Å². The van der Waals surface area contributed by atoms with Gasteiger partial charge in [-0.3, -0.25) is 0 Å². The number of nitrogens with zero attached hydrogens (tertiary/aromatic N) is 1. The summed E-state index contributed by atoms with van der Waals surface area (Å²) in [6.45, 7) is 0.424. The number of hydrogen-bond acceptors (Lipinski definition) is 2. The third-order valence-corrected chi connectivity index (χ3v) is 3.84. The number of halogens is 3. The Morgan fingerprint density at radius 2 is 2.00 bits per heavy atom. The van der Waals surface area contributed by atoms with Crippen LogP contribution in [0.1, 0.15) is 24.0 Å². The Kier molecular flexibility index (Phi) is 2.40. The molecule has 1 aliphatic carbocycles. The third-order valence-electron chi connectivity index (χ3n) is 3.84. The molecule has 0 aromatic heterocycles. The lowest BCUT2D eigenvalue weighted by Crippen LogP contribution is -2.28. The van der Waals surface area contributed by atoms with E-state index in [0.29, 0.717) is 23.2 Å². The van der Waals surface area contributed by atoms with Crippen molar-refractivity contribution in [2.45, 2.75) is 24.4 Å². The SMILES string of the molecule is N#CC1=Cc2cc(C3(C(F)(F)F)CC3)ccc2NC1. The zero-order valence-corrected chi connectivity index (χ0v) is 10.0. The van der Waals surface area contributed by atoms with Crippen LogP contribution in [0.15, 0.2) is 23.8 Å². The van der Waals surface area contributed by atoms with Crippen molar-refractivity contribution in [1.29, 1.82) is 5.26 Å². The van der Waals surface area contributed by atoms with Crippen LogP contribution < -0.4 is 5.32 Å². The molecule has 0 radical (unpaired) electrons. The van der Waals surface area contributed by atoms with Crippen molar-refractivity contribution in [2.24, 2.45) is 0 Å². The molecule has 0 spiro atoms. The summed E-state index contributed by atoms with van der Waals surface area (Å²) in [6.07, 6.45) is -2.25. The summed E-state index contributed by atoms with van der Waals surface area (Å²) in [6, 6.07) is 6.79. The minimum absolute atomic E-state index is 0.150.